The lowest BCUT2D eigenvalue weighted by Crippen LogP contribution is -2.78. The van der Waals surface area contributed by atoms with Crippen molar-refractivity contribution in [3.63, 3.8) is 0 Å². The van der Waals surface area contributed by atoms with Gasteiger partial charge >= 0.3 is 6.18 Å². The highest BCUT2D eigenvalue weighted by atomic mass is 32.1. The first-order valence-electron chi connectivity index (χ1n) is 13.6. The number of alkyl halides is 3. The van der Waals surface area contributed by atoms with Gasteiger partial charge in [0.05, 0.1) is 59.3 Å². The molecule has 4 heterocycles. The van der Waals surface area contributed by atoms with Crippen LogP contribution in [0.15, 0.2) is 24.3 Å². The number of nitrogens with zero attached hydrogens (tertiary/aromatic N) is 2. The highest BCUT2D eigenvalue weighted by Crippen LogP contribution is 2.73. The average molecular weight is 603 g/mol. The van der Waals surface area contributed by atoms with E-state index in [1.54, 1.807) is 12.1 Å². The number of rotatable bonds is 6. The minimum absolute atomic E-state index is 0.0583. The number of nitrogens with one attached hydrogen (secondary N) is 2. The van der Waals surface area contributed by atoms with Gasteiger partial charge in [-0.3, -0.25) is 9.59 Å². The molecule has 5 fully saturated rings. The molecule has 3 aliphatic carbocycles. The van der Waals surface area contributed by atoms with E-state index >= 15 is 0 Å². The molecule has 2 saturated heterocycles. The van der Waals surface area contributed by atoms with Crippen molar-refractivity contribution in [1.82, 2.24) is 10.3 Å². The zero-order valence-electron chi connectivity index (χ0n) is 22.3. The number of amides is 2. The molecule has 1 aromatic heterocycles. The molecule has 2 atom stereocenters. The Morgan fingerprint density at radius 2 is 1.81 bits per heavy atom. The molecule has 220 valence electrons. The molecule has 2 amide bonds. The molecule has 2 unspecified atom stereocenters. The van der Waals surface area contributed by atoms with Gasteiger partial charge in [0.1, 0.15) is 11.3 Å². The lowest BCUT2D eigenvalue weighted by Gasteiger charge is -2.70. The van der Waals surface area contributed by atoms with Gasteiger partial charge in [-0.05, 0) is 43.9 Å². The van der Waals surface area contributed by atoms with Crippen molar-refractivity contribution in [2.75, 3.05) is 37.3 Å². The quantitative estimate of drug-likeness (QED) is 0.425. The van der Waals surface area contributed by atoms with Crippen molar-refractivity contribution in [3.05, 3.63) is 35.4 Å². The monoisotopic (exact) mass is 602 g/mol. The Balaban J connectivity index is 1.10. The normalized spacial score (nSPS) is 28.4. The third-order valence-electron chi connectivity index (χ3n) is 9.14. The summed E-state index contributed by atoms with van der Waals surface area (Å²) in [5, 5.41) is 6.41. The molecule has 0 spiro atoms. The van der Waals surface area contributed by atoms with Gasteiger partial charge in [-0.1, -0.05) is 11.3 Å². The van der Waals surface area contributed by atoms with Crippen LogP contribution in [0.4, 0.5) is 24.0 Å². The number of hydrogen-bond donors (Lipinski definition) is 2. The fourth-order valence-electron chi connectivity index (χ4n) is 7.06. The summed E-state index contributed by atoms with van der Waals surface area (Å²) in [7, 11) is 1.47. The van der Waals surface area contributed by atoms with Crippen molar-refractivity contribution < 1.29 is 41.7 Å². The van der Waals surface area contributed by atoms with Crippen LogP contribution < -0.4 is 29.7 Å². The first-order valence-corrected chi connectivity index (χ1v) is 14.4. The second-order valence-electron chi connectivity index (χ2n) is 11.7. The third kappa shape index (κ3) is 3.63. The van der Waals surface area contributed by atoms with E-state index in [2.05, 4.69) is 15.5 Å². The molecular formula is C28H25F3N4O6S. The van der Waals surface area contributed by atoms with Crippen LogP contribution in [-0.2, 0) is 4.74 Å². The van der Waals surface area contributed by atoms with E-state index in [0.717, 1.165) is 11.6 Å². The van der Waals surface area contributed by atoms with Crippen LogP contribution in [0, 0.1) is 5.41 Å². The summed E-state index contributed by atoms with van der Waals surface area (Å²) in [6.45, 7) is 1.21. The largest absolute Gasteiger partial charge is 0.496 e. The molecule has 3 aliphatic heterocycles. The van der Waals surface area contributed by atoms with Gasteiger partial charge in [-0.2, -0.15) is 13.2 Å². The Morgan fingerprint density at radius 3 is 2.48 bits per heavy atom. The lowest BCUT2D eigenvalue weighted by molar-refractivity contribution is -0.336. The topological polar surface area (TPSA) is 111 Å². The fraction of sp³-hybridized carbons (Fsp3) is 0.464. The van der Waals surface area contributed by atoms with Crippen molar-refractivity contribution >= 4 is 44.2 Å². The first-order chi connectivity index (χ1) is 20.1. The number of carbonyl (C=O) groups excluding carboxylic acids is 2. The maximum Gasteiger partial charge on any atom is 0.394 e. The Morgan fingerprint density at radius 1 is 1.10 bits per heavy atom. The van der Waals surface area contributed by atoms with E-state index in [0.29, 0.717) is 40.7 Å². The summed E-state index contributed by atoms with van der Waals surface area (Å²) in [4.78, 5) is 34.3. The van der Waals surface area contributed by atoms with Crippen LogP contribution >= 0.6 is 11.3 Å². The van der Waals surface area contributed by atoms with E-state index in [9.17, 15) is 22.8 Å². The second-order valence-corrected chi connectivity index (χ2v) is 12.7. The van der Waals surface area contributed by atoms with Gasteiger partial charge < -0.3 is 34.5 Å². The maximum absolute atomic E-state index is 13.9. The van der Waals surface area contributed by atoms with Crippen molar-refractivity contribution in [2.24, 2.45) is 5.41 Å². The highest BCUT2D eigenvalue weighted by molar-refractivity contribution is 7.22. The number of hydrogen-bond acceptors (Lipinski definition) is 9. The minimum atomic E-state index is -4.30. The zero-order chi connectivity index (χ0) is 29.0. The third-order valence-corrected chi connectivity index (χ3v) is 10.2. The Bertz CT molecular complexity index is 1640. The van der Waals surface area contributed by atoms with Gasteiger partial charge in [0, 0.05) is 11.6 Å². The number of fused-ring (bicyclic) bond motifs is 4. The summed E-state index contributed by atoms with van der Waals surface area (Å²) in [5.41, 5.74) is -1.52. The highest BCUT2D eigenvalue weighted by Gasteiger charge is 2.79. The molecule has 2 N–H and O–H groups in total. The Kier molecular flexibility index (Phi) is 5.32. The van der Waals surface area contributed by atoms with Crippen molar-refractivity contribution in [3.8, 4) is 17.2 Å². The van der Waals surface area contributed by atoms with Gasteiger partial charge in [-0.25, -0.2) is 4.98 Å². The molecule has 2 aromatic carbocycles. The number of methoxy groups -OCH3 is 1. The van der Waals surface area contributed by atoms with Crippen LogP contribution in [0.5, 0.6) is 17.2 Å². The van der Waals surface area contributed by atoms with Crippen molar-refractivity contribution in [1.29, 1.82) is 0 Å². The van der Waals surface area contributed by atoms with Crippen LogP contribution in [-0.4, -0.2) is 67.7 Å². The first kappa shape index (κ1) is 25.9. The van der Waals surface area contributed by atoms with Crippen molar-refractivity contribution in [2.45, 2.75) is 49.5 Å². The SMILES string of the molecule is COc1ccc2nc(N3C4COCC3C4)sc2c1C(=O)Nc1cc2c(cc1C(=O)NC13CC(C(F)(F)F)(C1)C3)OCO2. The molecule has 0 radical (unpaired) electrons. The number of halogens is 3. The predicted octanol–water partition coefficient (Wildman–Crippen LogP) is 4.48. The van der Waals surface area contributed by atoms with Gasteiger partial charge in [-0.15, -0.1) is 0 Å². The average Bonchev–Trinajstić information content (AvgIpc) is 3.54. The fourth-order valence-corrected chi connectivity index (χ4v) is 8.30. The molecule has 9 rings (SSSR count). The van der Waals surface area contributed by atoms with E-state index in [4.69, 9.17) is 23.9 Å². The lowest BCUT2D eigenvalue weighted by atomic mass is 9.39. The van der Waals surface area contributed by atoms with E-state index in [1.165, 1.54) is 30.6 Å². The molecule has 6 aliphatic rings. The smallest absolute Gasteiger partial charge is 0.394 e. The van der Waals surface area contributed by atoms with Crippen LogP contribution in [0.25, 0.3) is 10.2 Å². The molecule has 14 heteroatoms. The molecule has 4 bridgehead atoms. The molecule has 10 nitrogen and oxygen atoms in total. The van der Waals surface area contributed by atoms with E-state index in [-0.39, 0.29) is 55.0 Å². The van der Waals surface area contributed by atoms with Gasteiger partial charge in [0.25, 0.3) is 11.8 Å². The number of benzene rings is 2. The molecular weight excluding hydrogens is 577 g/mol. The van der Waals surface area contributed by atoms with Crippen LogP contribution in [0.1, 0.15) is 46.4 Å². The predicted molar refractivity (Wildman–Crippen MR) is 145 cm³/mol. The number of morpholine rings is 1. The second kappa shape index (κ2) is 8.63. The summed E-state index contributed by atoms with van der Waals surface area (Å²) >= 11 is 1.39. The number of anilines is 2. The number of carbonyl (C=O) groups is 2. The van der Waals surface area contributed by atoms with E-state index in [1.807, 2.05) is 0 Å². The summed E-state index contributed by atoms with van der Waals surface area (Å²) in [6, 6.07) is 6.91. The van der Waals surface area contributed by atoms with Crippen LogP contribution in [0.2, 0.25) is 0 Å². The number of thiazole rings is 1. The Labute approximate surface area is 241 Å². The van der Waals surface area contributed by atoms with Crippen LogP contribution in [0.3, 0.4) is 0 Å². The Hall–Kier alpha value is -3.78. The molecule has 3 saturated carbocycles. The van der Waals surface area contributed by atoms with E-state index < -0.39 is 28.9 Å². The summed E-state index contributed by atoms with van der Waals surface area (Å²) < 4.78 is 62.8. The van der Waals surface area contributed by atoms with Gasteiger partial charge in [0.15, 0.2) is 16.6 Å². The zero-order valence-corrected chi connectivity index (χ0v) is 23.1. The summed E-state index contributed by atoms with van der Waals surface area (Å²) in [6.07, 6.45) is -3.71. The summed E-state index contributed by atoms with van der Waals surface area (Å²) in [5.74, 6) is -0.163. The standard InChI is InChI=1S/C28H25F3N4O6S/c1-38-18-3-2-16-22(42-25(33-16)35-13-4-14(35)8-39-7-13)21(18)24(37)32-17-6-20-19(40-12-41-20)5-15(17)23(36)34-27-9-26(10-27,11-27)28(29,30)31/h2-3,5-6,13-14H,4,7-12H2,1H3,(H,32,37)(H,34,36). The number of ether oxygens (including phenoxy) is 4. The number of aromatic nitrogens is 1. The minimum Gasteiger partial charge on any atom is -0.496 e. The molecule has 3 aromatic rings. The van der Waals surface area contributed by atoms with Gasteiger partial charge in [0.2, 0.25) is 6.79 Å². The maximum atomic E-state index is 13.9. The molecule has 42 heavy (non-hydrogen) atoms.